The van der Waals surface area contributed by atoms with Gasteiger partial charge >= 0.3 is 17.9 Å². The van der Waals surface area contributed by atoms with Gasteiger partial charge in [-0.15, -0.1) is 25.7 Å². The summed E-state index contributed by atoms with van der Waals surface area (Å²) in [4.78, 5) is 101. The molecule has 1 fully saturated rings. The van der Waals surface area contributed by atoms with Crippen LogP contribution in [0.15, 0.2) is 54.6 Å². The fourth-order valence-electron chi connectivity index (χ4n) is 8.60. The van der Waals surface area contributed by atoms with Gasteiger partial charge in [0.15, 0.2) is 0 Å². The summed E-state index contributed by atoms with van der Waals surface area (Å²) < 4.78 is 51.2. The highest BCUT2D eigenvalue weighted by Crippen LogP contribution is 2.26. The molecule has 91 heavy (non-hydrogen) atoms. The molecule has 0 aromatic heterocycles. The molecule has 1 aliphatic rings. The lowest BCUT2D eigenvalue weighted by atomic mass is 10.2. The third-order valence-electron chi connectivity index (χ3n) is 12.4. The first-order chi connectivity index (χ1) is 43.1. The molecule has 1 heterocycles. The molecule has 3 aromatic carbocycles. The summed E-state index contributed by atoms with van der Waals surface area (Å²) in [7, 11) is 0. The highest BCUT2D eigenvalue weighted by molar-refractivity contribution is 5.96. The van der Waals surface area contributed by atoms with Crippen molar-refractivity contribution < 1.29 is 76.2 Å². The van der Waals surface area contributed by atoms with Gasteiger partial charge < -0.3 is 63.9 Å². The third-order valence-corrected chi connectivity index (χ3v) is 12.4. The Labute approximate surface area is 535 Å². The van der Waals surface area contributed by atoms with E-state index in [0.717, 1.165) is 0 Å². The predicted molar refractivity (Wildman–Crippen MR) is 341 cm³/mol. The SMILES string of the molecule is C#CCOc1cc(OCC#C)cc(C(=O)NCCOc2cc(OCCNC(=O)c3cc(OCC#C)cc(OCC#C)c3)cc(C(=O)NCCNC(=O)CN3CCN(CC(=O)OC(C)(C)C)CCN(CC(=O)OC(C)(C)C)CCN(CC(=O)OC(C)(C)C)CC3)c2)c1. The van der Waals surface area contributed by atoms with E-state index in [-0.39, 0.29) is 126 Å². The van der Waals surface area contributed by atoms with Crippen LogP contribution in [0.1, 0.15) is 93.4 Å². The molecule has 24 nitrogen and oxygen atoms in total. The first-order valence-corrected chi connectivity index (χ1v) is 29.7. The summed E-state index contributed by atoms with van der Waals surface area (Å²) in [6.07, 6.45) is 21.5. The van der Waals surface area contributed by atoms with Crippen molar-refractivity contribution in [2.75, 3.05) is 144 Å². The van der Waals surface area contributed by atoms with Crippen molar-refractivity contribution in [1.29, 1.82) is 0 Å². The molecule has 4 amide bonds. The summed E-state index contributed by atoms with van der Waals surface area (Å²) in [6, 6.07) is 13.6. The van der Waals surface area contributed by atoms with Gasteiger partial charge in [-0.2, -0.15) is 0 Å². The lowest BCUT2D eigenvalue weighted by Gasteiger charge is -2.34. The molecule has 3 aromatic rings. The van der Waals surface area contributed by atoms with Crippen LogP contribution >= 0.6 is 0 Å². The summed E-state index contributed by atoms with van der Waals surface area (Å²) >= 11 is 0. The van der Waals surface area contributed by atoms with Crippen LogP contribution in [0.2, 0.25) is 0 Å². The molecule has 4 rings (SSSR count). The molecule has 0 aliphatic carbocycles. The number of benzene rings is 3. The van der Waals surface area contributed by atoms with Gasteiger partial charge in [-0.1, -0.05) is 23.7 Å². The number of hydrogen-bond acceptors (Lipinski definition) is 20. The van der Waals surface area contributed by atoms with E-state index >= 15 is 0 Å². The molecule has 0 spiro atoms. The molecule has 24 heteroatoms. The van der Waals surface area contributed by atoms with Crippen LogP contribution in [0.3, 0.4) is 0 Å². The number of nitrogens with zero attached hydrogens (tertiary/aromatic N) is 4. The minimum Gasteiger partial charge on any atom is -0.492 e. The molecule has 0 saturated carbocycles. The van der Waals surface area contributed by atoms with Crippen molar-refractivity contribution in [1.82, 2.24) is 40.9 Å². The van der Waals surface area contributed by atoms with Crippen LogP contribution in [0.4, 0.5) is 0 Å². The molecule has 1 aliphatic heterocycles. The molecule has 0 bridgehead atoms. The lowest BCUT2D eigenvalue weighted by molar-refractivity contribution is -0.158. The van der Waals surface area contributed by atoms with Gasteiger partial charge in [0.1, 0.15) is 90.9 Å². The Morgan fingerprint density at radius 2 is 0.604 bits per heavy atom. The number of rotatable bonds is 30. The molecule has 0 radical (unpaired) electrons. The van der Waals surface area contributed by atoms with Crippen LogP contribution in [-0.2, 0) is 33.4 Å². The van der Waals surface area contributed by atoms with E-state index in [0.29, 0.717) is 75.4 Å². The van der Waals surface area contributed by atoms with E-state index in [1.807, 2.05) is 19.6 Å². The number of terminal acetylenes is 4. The molecule has 0 unspecified atom stereocenters. The maximum atomic E-state index is 13.9. The van der Waals surface area contributed by atoms with Gasteiger partial charge in [-0.25, -0.2) is 0 Å². The predicted octanol–water partition coefficient (Wildman–Crippen LogP) is 3.44. The number of amides is 4. The van der Waals surface area contributed by atoms with Crippen molar-refractivity contribution in [3.8, 4) is 83.9 Å². The summed E-state index contributed by atoms with van der Waals surface area (Å²) in [5.74, 6) is 7.95. The summed E-state index contributed by atoms with van der Waals surface area (Å²) in [5, 5.41) is 11.3. The molecule has 1 saturated heterocycles. The van der Waals surface area contributed by atoms with Crippen molar-refractivity contribution in [2.45, 2.75) is 79.1 Å². The first-order valence-electron chi connectivity index (χ1n) is 29.7. The number of hydrogen-bond donors (Lipinski definition) is 4. The molecular formula is C67H88N8O16. The van der Waals surface area contributed by atoms with Crippen molar-refractivity contribution in [3.05, 3.63) is 71.3 Å². The highest BCUT2D eigenvalue weighted by Gasteiger charge is 2.27. The van der Waals surface area contributed by atoms with E-state index in [4.69, 9.17) is 68.3 Å². The number of ether oxygens (including phenoxy) is 9. The smallest absolute Gasteiger partial charge is 0.320 e. The average Bonchev–Trinajstić information content (AvgIpc) is 1.36. The fraction of sp³-hybridized carbons (Fsp3) is 0.507. The second kappa shape index (κ2) is 37.7. The number of carbonyl (C=O) groups is 7. The second-order valence-electron chi connectivity index (χ2n) is 23.7. The van der Waals surface area contributed by atoms with Gasteiger partial charge in [-0.3, -0.25) is 53.2 Å². The lowest BCUT2D eigenvalue weighted by Crippen LogP contribution is -2.50. The first kappa shape index (κ1) is 74.3. The minimum absolute atomic E-state index is 0.00592. The molecule has 0 atom stereocenters. The molecule has 4 N–H and O–H groups in total. The van der Waals surface area contributed by atoms with E-state index in [2.05, 4.69) is 44.9 Å². The Balaban J connectivity index is 1.48. The molecular weight excluding hydrogens is 1170 g/mol. The summed E-state index contributed by atoms with van der Waals surface area (Å²) in [5.41, 5.74) is -1.63. The van der Waals surface area contributed by atoms with Crippen LogP contribution < -0.4 is 49.7 Å². The van der Waals surface area contributed by atoms with Crippen molar-refractivity contribution in [2.24, 2.45) is 0 Å². The Bertz CT molecular complexity index is 2860. The topological polar surface area (TPSA) is 264 Å². The zero-order chi connectivity index (χ0) is 67.0. The quantitative estimate of drug-likeness (QED) is 0.0322. The van der Waals surface area contributed by atoms with Gasteiger partial charge in [0, 0.05) is 100 Å². The largest absolute Gasteiger partial charge is 0.492 e. The zero-order valence-electron chi connectivity index (χ0n) is 53.9. The fourth-order valence-corrected chi connectivity index (χ4v) is 8.60. The summed E-state index contributed by atoms with van der Waals surface area (Å²) in [6.45, 7) is 18.6. The number of nitrogens with one attached hydrogen (secondary N) is 4. The maximum Gasteiger partial charge on any atom is 0.320 e. The van der Waals surface area contributed by atoms with Gasteiger partial charge in [0.2, 0.25) is 5.91 Å². The average molecular weight is 1260 g/mol. The Kier molecular flexibility index (Phi) is 30.8. The van der Waals surface area contributed by atoms with Crippen LogP contribution in [0.25, 0.3) is 0 Å². The monoisotopic (exact) mass is 1260 g/mol. The maximum absolute atomic E-state index is 13.9. The third kappa shape index (κ3) is 31.2. The zero-order valence-corrected chi connectivity index (χ0v) is 53.9. The van der Waals surface area contributed by atoms with Gasteiger partial charge in [-0.05, 0) is 98.7 Å². The second-order valence-corrected chi connectivity index (χ2v) is 23.7. The Morgan fingerprint density at radius 3 is 0.868 bits per heavy atom. The Hall–Kier alpha value is -9.17. The highest BCUT2D eigenvalue weighted by atomic mass is 16.6. The van der Waals surface area contributed by atoms with Crippen LogP contribution in [-0.4, -0.2) is 222 Å². The van der Waals surface area contributed by atoms with Gasteiger partial charge in [0.25, 0.3) is 17.7 Å². The number of esters is 3. The normalized spacial score (nSPS) is 13.7. The van der Waals surface area contributed by atoms with Crippen LogP contribution in [0.5, 0.6) is 34.5 Å². The van der Waals surface area contributed by atoms with E-state index in [1.165, 1.54) is 42.5 Å². The van der Waals surface area contributed by atoms with E-state index < -0.39 is 52.4 Å². The van der Waals surface area contributed by atoms with E-state index in [9.17, 15) is 33.6 Å². The number of carbonyl (C=O) groups excluding carboxylic acids is 7. The van der Waals surface area contributed by atoms with Crippen LogP contribution in [0, 0.1) is 49.4 Å². The molecule has 492 valence electrons. The van der Waals surface area contributed by atoms with Gasteiger partial charge in [0.05, 0.1) is 39.3 Å². The minimum atomic E-state index is -0.726. The van der Waals surface area contributed by atoms with Crippen molar-refractivity contribution >= 4 is 41.5 Å². The Morgan fingerprint density at radius 1 is 0.363 bits per heavy atom. The van der Waals surface area contributed by atoms with Crippen molar-refractivity contribution in [3.63, 3.8) is 0 Å². The standard InChI is InChI=1S/C67H88N8O16/c1-14-30-83-52-36-50(37-53(42-52)84-31-15-2)63(81)70-20-34-87-56-40-49(41-57(44-56)88-35-21-71-64(82)51-38-54(85-32-16-3)43-55(39-51)86-33-17-4)62(80)69-19-18-68-58(76)45-72-22-24-73(46-59(77)89-65(5,6)7)26-28-75(48-61(79)91-67(11,12)13)29-27-74(25-23-72)47-60(78)90-66(8,9)10/h1-4,36-44H,18-35,45-48H2,5-13H3,(H,68,76)(H,69,80)(H,70,81)(H,71,82). The van der Waals surface area contributed by atoms with E-state index in [1.54, 1.807) is 74.4 Å².